The molecule has 10 nitrogen and oxygen atoms in total. The average molecular weight is 622 g/mol. The predicted molar refractivity (Wildman–Crippen MR) is 166 cm³/mol. The number of nitriles is 2. The monoisotopic (exact) mass is 621 g/mol. The summed E-state index contributed by atoms with van der Waals surface area (Å²) in [5.41, 5.74) is 3.31. The van der Waals surface area contributed by atoms with Crippen LogP contribution >= 0.6 is 0 Å². The Morgan fingerprint density at radius 1 is 1.09 bits per heavy atom. The standard InChI is InChI=1S/C35H32FN5O5/c1-20-5-4-6-29(41-12-11-22(17-31(41)42)33-23(18-37)8-9-24(19-38)34(33)36)28-15-25(16-30(39-28)45-2)26-10-7-21(14-32(43)46-3)13-27(26)40-35(20)44/h7-10,13,15-17,20,29H,4-6,11-12,14H2,1-3H3,(H,40,44)/t20-,29+/m1/s1. The molecule has 0 unspecified atom stereocenters. The largest absolute Gasteiger partial charge is 0.481 e. The summed E-state index contributed by atoms with van der Waals surface area (Å²) in [6.45, 7) is 2.06. The van der Waals surface area contributed by atoms with Crippen LogP contribution in [-0.2, 0) is 25.5 Å². The molecule has 2 aliphatic heterocycles. The lowest BCUT2D eigenvalue weighted by Gasteiger charge is -2.35. The maximum Gasteiger partial charge on any atom is 0.309 e. The molecule has 11 heteroatoms. The molecule has 2 aromatic carbocycles. The highest BCUT2D eigenvalue weighted by Gasteiger charge is 2.32. The molecule has 1 aromatic heterocycles. The zero-order valence-electron chi connectivity index (χ0n) is 25.7. The molecule has 2 aliphatic rings. The number of fused-ring (bicyclic) bond motifs is 4. The van der Waals surface area contributed by atoms with Gasteiger partial charge in [-0.1, -0.05) is 25.5 Å². The predicted octanol–water partition coefficient (Wildman–Crippen LogP) is 5.47. The first-order valence-electron chi connectivity index (χ1n) is 14.9. The van der Waals surface area contributed by atoms with Crippen molar-refractivity contribution in [1.82, 2.24) is 9.88 Å². The normalized spacial score (nSPS) is 18.0. The smallest absolute Gasteiger partial charge is 0.309 e. The summed E-state index contributed by atoms with van der Waals surface area (Å²) in [6.07, 6.45) is 3.26. The van der Waals surface area contributed by atoms with Gasteiger partial charge in [-0.25, -0.2) is 9.37 Å². The second kappa shape index (κ2) is 13.6. The molecule has 0 saturated heterocycles. The van der Waals surface area contributed by atoms with Crippen LogP contribution < -0.4 is 10.1 Å². The van der Waals surface area contributed by atoms with Crippen LogP contribution in [0.3, 0.4) is 0 Å². The number of pyridine rings is 1. The number of ether oxygens (including phenoxy) is 2. The first-order chi connectivity index (χ1) is 22.2. The summed E-state index contributed by atoms with van der Waals surface area (Å²) in [5.74, 6) is -1.81. The fourth-order valence-corrected chi connectivity index (χ4v) is 5.95. The van der Waals surface area contributed by atoms with E-state index in [1.54, 1.807) is 29.2 Å². The van der Waals surface area contributed by atoms with Crippen molar-refractivity contribution in [2.45, 2.75) is 45.1 Å². The number of methoxy groups -OCH3 is 2. The van der Waals surface area contributed by atoms with Gasteiger partial charge in [-0.2, -0.15) is 10.5 Å². The topological polar surface area (TPSA) is 145 Å². The molecule has 46 heavy (non-hydrogen) atoms. The molecule has 2 amide bonds. The van der Waals surface area contributed by atoms with E-state index in [1.807, 2.05) is 25.1 Å². The number of rotatable bonds is 5. The van der Waals surface area contributed by atoms with Crippen LogP contribution in [0.15, 0.2) is 48.5 Å². The van der Waals surface area contributed by atoms with Crippen LogP contribution in [0.4, 0.5) is 10.1 Å². The third-order valence-corrected chi connectivity index (χ3v) is 8.45. The quantitative estimate of drug-likeness (QED) is 0.369. The minimum absolute atomic E-state index is 0.0296. The van der Waals surface area contributed by atoms with Crippen LogP contribution in [0, 0.1) is 34.4 Å². The number of anilines is 1. The number of nitrogens with zero attached hydrogens (tertiary/aromatic N) is 4. The number of amides is 2. The molecule has 2 bridgehead atoms. The molecule has 3 aromatic rings. The minimum atomic E-state index is -0.820. The van der Waals surface area contributed by atoms with Crippen LogP contribution in [-0.4, -0.2) is 48.4 Å². The van der Waals surface area contributed by atoms with Crippen molar-refractivity contribution in [3.63, 3.8) is 0 Å². The number of hydrogen-bond acceptors (Lipinski definition) is 8. The first-order valence-corrected chi connectivity index (χ1v) is 14.9. The van der Waals surface area contributed by atoms with Crippen LogP contribution in [0.5, 0.6) is 5.88 Å². The Kier molecular flexibility index (Phi) is 9.43. The molecule has 0 saturated carbocycles. The first kappa shape index (κ1) is 31.9. The van der Waals surface area contributed by atoms with Crippen LogP contribution in [0.25, 0.3) is 16.7 Å². The van der Waals surface area contributed by atoms with Crippen molar-refractivity contribution in [2.75, 3.05) is 26.1 Å². The molecule has 1 N–H and O–H groups in total. The van der Waals surface area contributed by atoms with E-state index in [0.717, 1.165) is 0 Å². The zero-order chi connectivity index (χ0) is 33.0. The molecular formula is C35H32FN5O5. The van der Waals surface area contributed by atoms with Crippen molar-refractivity contribution in [2.24, 2.45) is 5.92 Å². The molecule has 0 aliphatic carbocycles. The summed E-state index contributed by atoms with van der Waals surface area (Å²) in [6, 6.07) is 14.9. The van der Waals surface area contributed by atoms with E-state index in [1.165, 1.54) is 32.4 Å². The van der Waals surface area contributed by atoms with Crippen molar-refractivity contribution in [3.8, 4) is 29.1 Å². The second-order valence-corrected chi connectivity index (χ2v) is 11.3. The average Bonchev–Trinajstić information content (AvgIpc) is 3.06. The second-order valence-electron chi connectivity index (χ2n) is 11.3. The van der Waals surface area contributed by atoms with E-state index >= 15 is 4.39 Å². The van der Waals surface area contributed by atoms with Gasteiger partial charge in [0.2, 0.25) is 17.7 Å². The summed E-state index contributed by atoms with van der Waals surface area (Å²) in [7, 11) is 2.81. The molecule has 3 heterocycles. The number of esters is 1. The summed E-state index contributed by atoms with van der Waals surface area (Å²) < 4.78 is 25.6. The summed E-state index contributed by atoms with van der Waals surface area (Å²) in [4.78, 5) is 45.4. The number of halogens is 1. The van der Waals surface area contributed by atoms with Gasteiger partial charge < -0.3 is 19.7 Å². The van der Waals surface area contributed by atoms with Gasteiger partial charge >= 0.3 is 5.97 Å². The molecule has 0 radical (unpaired) electrons. The van der Waals surface area contributed by atoms with Gasteiger partial charge in [0.05, 0.1) is 49.6 Å². The number of aromatic nitrogens is 1. The van der Waals surface area contributed by atoms with Gasteiger partial charge in [0.25, 0.3) is 0 Å². The number of hydrogen-bond donors (Lipinski definition) is 1. The maximum absolute atomic E-state index is 15.2. The molecular weight excluding hydrogens is 589 g/mol. The number of nitrogens with one attached hydrogen (secondary N) is 1. The third kappa shape index (κ3) is 6.45. The van der Waals surface area contributed by atoms with Crippen LogP contribution in [0.1, 0.15) is 66.6 Å². The summed E-state index contributed by atoms with van der Waals surface area (Å²) in [5, 5.41) is 22.0. The summed E-state index contributed by atoms with van der Waals surface area (Å²) >= 11 is 0. The van der Waals surface area contributed by atoms with E-state index in [2.05, 4.69) is 5.32 Å². The van der Waals surface area contributed by atoms with E-state index < -0.39 is 17.8 Å². The van der Waals surface area contributed by atoms with Crippen molar-refractivity contribution in [3.05, 3.63) is 82.3 Å². The van der Waals surface area contributed by atoms with Gasteiger partial charge in [0, 0.05) is 41.4 Å². The van der Waals surface area contributed by atoms with Crippen LogP contribution in [0.2, 0.25) is 0 Å². The van der Waals surface area contributed by atoms with E-state index in [0.29, 0.717) is 58.8 Å². The molecule has 5 rings (SSSR count). The highest BCUT2D eigenvalue weighted by molar-refractivity contribution is 5.99. The molecule has 234 valence electrons. The van der Waals surface area contributed by atoms with E-state index in [9.17, 15) is 24.9 Å². The lowest BCUT2D eigenvalue weighted by Crippen LogP contribution is -2.38. The number of benzene rings is 2. The Morgan fingerprint density at radius 3 is 2.54 bits per heavy atom. The van der Waals surface area contributed by atoms with Crippen molar-refractivity contribution in [1.29, 1.82) is 10.5 Å². The van der Waals surface area contributed by atoms with Gasteiger partial charge in [-0.3, -0.25) is 14.4 Å². The van der Waals surface area contributed by atoms with E-state index in [-0.39, 0.29) is 53.8 Å². The Bertz CT molecular complexity index is 1840. The van der Waals surface area contributed by atoms with Gasteiger partial charge in [-0.05, 0) is 60.2 Å². The fourth-order valence-electron chi connectivity index (χ4n) is 5.95. The van der Waals surface area contributed by atoms with Gasteiger partial charge in [0.1, 0.15) is 11.9 Å². The lowest BCUT2D eigenvalue weighted by molar-refractivity contribution is -0.139. The van der Waals surface area contributed by atoms with Gasteiger partial charge in [-0.15, -0.1) is 0 Å². The SMILES string of the molecule is COC(=O)Cc1ccc2c(c1)NC(=O)[C@H](C)CCC[C@H](N1CCC(c3c(C#N)ccc(C#N)c3F)=CC1=O)c1cc-2cc(OC)n1. The fraction of sp³-hybridized carbons (Fsp3) is 0.314. The Labute approximate surface area is 266 Å². The Hall–Kier alpha value is -5.55. The Morgan fingerprint density at radius 2 is 1.85 bits per heavy atom. The lowest BCUT2D eigenvalue weighted by atomic mass is 9.90. The molecule has 0 fully saturated rings. The van der Waals surface area contributed by atoms with Gasteiger partial charge in [0.15, 0.2) is 0 Å². The van der Waals surface area contributed by atoms with Crippen molar-refractivity contribution < 1.29 is 28.2 Å². The maximum atomic E-state index is 15.2. The number of carbonyl (C=O) groups excluding carboxylic acids is 3. The third-order valence-electron chi connectivity index (χ3n) is 8.45. The Balaban J connectivity index is 1.59. The number of carbonyl (C=O) groups is 3. The molecule has 2 atom stereocenters. The van der Waals surface area contributed by atoms with E-state index in [4.69, 9.17) is 14.5 Å². The zero-order valence-corrected chi connectivity index (χ0v) is 25.7. The van der Waals surface area contributed by atoms with Crippen molar-refractivity contribution >= 4 is 29.0 Å². The molecule has 0 spiro atoms. The minimum Gasteiger partial charge on any atom is -0.481 e. The highest BCUT2D eigenvalue weighted by Crippen LogP contribution is 2.39. The highest BCUT2D eigenvalue weighted by atomic mass is 19.1.